The second kappa shape index (κ2) is 4.60. The van der Waals surface area contributed by atoms with Gasteiger partial charge < -0.3 is 10.3 Å². The van der Waals surface area contributed by atoms with E-state index in [9.17, 15) is 0 Å². The summed E-state index contributed by atoms with van der Waals surface area (Å²) in [4.78, 5) is 8.40. The molecule has 2 aromatic heterocycles. The predicted octanol–water partition coefficient (Wildman–Crippen LogP) is 1.92. The SMILES string of the molecule is C[C@@H](Sc1n[nH]c(N)n1)c1nc(C(C)(C)C)no1. The van der Waals surface area contributed by atoms with E-state index in [1.807, 2.05) is 27.7 Å². The monoisotopic (exact) mass is 268 g/mol. The van der Waals surface area contributed by atoms with Gasteiger partial charge in [-0.2, -0.15) is 9.97 Å². The smallest absolute Gasteiger partial charge is 0.239 e. The zero-order valence-electron chi connectivity index (χ0n) is 10.8. The molecule has 0 aromatic carbocycles. The molecule has 0 bridgehead atoms. The standard InChI is InChI=1S/C10H16N6OS/c1-5(18-9-13-8(11)14-15-9)6-12-7(16-17-6)10(2,3)4/h5H,1-4H3,(H3,11,13,14,15)/t5-/m1/s1. The van der Waals surface area contributed by atoms with Crippen LogP contribution in [0.2, 0.25) is 0 Å². The largest absolute Gasteiger partial charge is 0.368 e. The van der Waals surface area contributed by atoms with Crippen molar-refractivity contribution in [1.29, 1.82) is 0 Å². The summed E-state index contributed by atoms with van der Waals surface area (Å²) >= 11 is 1.41. The van der Waals surface area contributed by atoms with Gasteiger partial charge in [-0.3, -0.25) is 0 Å². The average Bonchev–Trinajstić information content (AvgIpc) is 2.85. The zero-order valence-corrected chi connectivity index (χ0v) is 11.6. The maximum absolute atomic E-state index is 5.46. The summed E-state index contributed by atoms with van der Waals surface area (Å²) in [5.41, 5.74) is 5.34. The minimum absolute atomic E-state index is 0.0243. The Balaban J connectivity index is 2.09. The molecule has 0 radical (unpaired) electrons. The third-order valence-electron chi connectivity index (χ3n) is 2.22. The number of rotatable bonds is 3. The fourth-order valence-corrected chi connectivity index (χ4v) is 1.99. The number of anilines is 1. The topological polar surface area (TPSA) is 107 Å². The van der Waals surface area contributed by atoms with Crippen molar-refractivity contribution < 1.29 is 4.52 Å². The number of nitrogens with zero attached hydrogens (tertiary/aromatic N) is 4. The summed E-state index contributed by atoms with van der Waals surface area (Å²) in [6, 6.07) is 0. The van der Waals surface area contributed by atoms with Crippen LogP contribution < -0.4 is 5.73 Å². The molecule has 3 N–H and O–H groups in total. The normalized spacial score (nSPS) is 13.8. The van der Waals surface area contributed by atoms with Gasteiger partial charge in [0.25, 0.3) is 0 Å². The Morgan fingerprint density at radius 2 is 2.06 bits per heavy atom. The van der Waals surface area contributed by atoms with Crippen LogP contribution in [0.3, 0.4) is 0 Å². The lowest BCUT2D eigenvalue weighted by molar-refractivity contribution is 0.364. The van der Waals surface area contributed by atoms with Gasteiger partial charge in [0.2, 0.25) is 17.0 Å². The Hall–Kier alpha value is -1.57. The van der Waals surface area contributed by atoms with E-state index >= 15 is 0 Å². The van der Waals surface area contributed by atoms with Gasteiger partial charge in [0.1, 0.15) is 0 Å². The maximum atomic E-state index is 5.46. The quantitative estimate of drug-likeness (QED) is 0.819. The molecule has 0 aliphatic rings. The molecule has 2 aromatic rings. The van der Waals surface area contributed by atoms with Crippen LogP contribution in [-0.2, 0) is 5.41 Å². The Morgan fingerprint density at radius 3 is 2.56 bits per heavy atom. The first-order valence-electron chi connectivity index (χ1n) is 5.55. The molecule has 0 spiro atoms. The first kappa shape index (κ1) is 12.9. The van der Waals surface area contributed by atoms with E-state index in [2.05, 4.69) is 25.3 Å². The van der Waals surface area contributed by atoms with Crippen molar-refractivity contribution in [2.24, 2.45) is 0 Å². The van der Waals surface area contributed by atoms with Crippen LogP contribution in [0.4, 0.5) is 5.95 Å². The number of H-pyrrole nitrogens is 1. The molecule has 0 saturated carbocycles. The molecular weight excluding hydrogens is 252 g/mol. The fourth-order valence-electron chi connectivity index (χ4n) is 1.22. The second-order valence-electron chi connectivity index (χ2n) is 4.97. The van der Waals surface area contributed by atoms with Gasteiger partial charge in [0.15, 0.2) is 5.82 Å². The molecule has 18 heavy (non-hydrogen) atoms. The molecule has 2 rings (SSSR count). The maximum Gasteiger partial charge on any atom is 0.239 e. The highest BCUT2D eigenvalue weighted by Crippen LogP contribution is 2.32. The van der Waals surface area contributed by atoms with E-state index < -0.39 is 0 Å². The Labute approximate surface area is 109 Å². The highest BCUT2D eigenvalue weighted by Gasteiger charge is 2.24. The van der Waals surface area contributed by atoms with Crippen LogP contribution in [0.5, 0.6) is 0 Å². The Bertz CT molecular complexity index is 528. The van der Waals surface area contributed by atoms with Gasteiger partial charge in [0.05, 0.1) is 5.25 Å². The zero-order chi connectivity index (χ0) is 13.3. The molecule has 1 atom stereocenters. The Kier molecular flexibility index (Phi) is 3.29. The van der Waals surface area contributed by atoms with Crippen LogP contribution >= 0.6 is 11.8 Å². The summed E-state index contributed by atoms with van der Waals surface area (Å²) in [6.45, 7) is 8.07. The average molecular weight is 268 g/mol. The van der Waals surface area contributed by atoms with Crippen molar-refractivity contribution in [3.05, 3.63) is 11.7 Å². The minimum Gasteiger partial charge on any atom is -0.368 e. The summed E-state index contributed by atoms with van der Waals surface area (Å²) in [5, 5.41) is 11.1. The van der Waals surface area contributed by atoms with E-state index in [1.54, 1.807) is 0 Å². The fraction of sp³-hybridized carbons (Fsp3) is 0.600. The summed E-state index contributed by atoms with van der Waals surface area (Å²) < 4.78 is 5.25. The number of nitrogens with one attached hydrogen (secondary N) is 1. The lowest BCUT2D eigenvalue weighted by Gasteiger charge is -2.11. The number of hydrogen-bond donors (Lipinski definition) is 2. The molecule has 0 amide bonds. The Morgan fingerprint density at radius 1 is 1.33 bits per heavy atom. The molecule has 0 unspecified atom stereocenters. The second-order valence-corrected chi connectivity index (χ2v) is 6.28. The predicted molar refractivity (Wildman–Crippen MR) is 68.1 cm³/mol. The van der Waals surface area contributed by atoms with Crippen LogP contribution in [-0.4, -0.2) is 25.3 Å². The molecule has 0 fully saturated rings. The molecule has 0 aliphatic heterocycles. The number of aromatic amines is 1. The van der Waals surface area contributed by atoms with E-state index in [4.69, 9.17) is 10.3 Å². The van der Waals surface area contributed by atoms with Crippen molar-refractivity contribution in [3.63, 3.8) is 0 Å². The van der Waals surface area contributed by atoms with Crippen LogP contribution in [0.25, 0.3) is 0 Å². The van der Waals surface area contributed by atoms with Crippen LogP contribution in [0, 0.1) is 0 Å². The van der Waals surface area contributed by atoms with Gasteiger partial charge in [-0.05, 0) is 6.92 Å². The minimum atomic E-state index is -0.124. The lowest BCUT2D eigenvalue weighted by Crippen LogP contribution is -2.13. The molecule has 0 aliphatic carbocycles. The highest BCUT2D eigenvalue weighted by atomic mass is 32.2. The number of hydrogen-bond acceptors (Lipinski definition) is 7. The molecule has 98 valence electrons. The van der Waals surface area contributed by atoms with Gasteiger partial charge in [-0.25, -0.2) is 5.10 Å². The van der Waals surface area contributed by atoms with Crippen molar-refractivity contribution >= 4 is 17.7 Å². The number of nitrogens with two attached hydrogens (primary N) is 1. The first-order chi connectivity index (χ1) is 8.36. The third kappa shape index (κ3) is 2.81. The summed E-state index contributed by atoms with van der Waals surface area (Å²) in [7, 11) is 0. The molecule has 2 heterocycles. The van der Waals surface area contributed by atoms with Crippen LogP contribution in [0.15, 0.2) is 9.68 Å². The van der Waals surface area contributed by atoms with Gasteiger partial charge >= 0.3 is 0 Å². The van der Waals surface area contributed by atoms with E-state index in [0.29, 0.717) is 22.8 Å². The first-order valence-corrected chi connectivity index (χ1v) is 6.43. The van der Waals surface area contributed by atoms with E-state index in [-0.39, 0.29) is 10.7 Å². The van der Waals surface area contributed by atoms with Gasteiger partial charge in [-0.15, -0.1) is 5.10 Å². The summed E-state index contributed by atoms with van der Waals surface area (Å²) in [6.07, 6.45) is 0. The van der Waals surface area contributed by atoms with Crippen molar-refractivity contribution in [2.45, 2.75) is 43.5 Å². The third-order valence-corrected chi connectivity index (χ3v) is 3.17. The number of aromatic nitrogens is 5. The van der Waals surface area contributed by atoms with Crippen molar-refractivity contribution in [1.82, 2.24) is 25.3 Å². The van der Waals surface area contributed by atoms with E-state index in [1.165, 1.54) is 11.8 Å². The molecule has 7 nitrogen and oxygen atoms in total. The highest BCUT2D eigenvalue weighted by molar-refractivity contribution is 7.99. The van der Waals surface area contributed by atoms with E-state index in [0.717, 1.165) is 0 Å². The lowest BCUT2D eigenvalue weighted by atomic mass is 9.96. The van der Waals surface area contributed by atoms with Gasteiger partial charge in [0, 0.05) is 5.41 Å². The van der Waals surface area contributed by atoms with Gasteiger partial charge in [-0.1, -0.05) is 37.7 Å². The number of thioether (sulfide) groups is 1. The molecule has 0 saturated heterocycles. The van der Waals surface area contributed by atoms with Crippen LogP contribution in [0.1, 0.15) is 44.7 Å². The summed E-state index contributed by atoms with van der Waals surface area (Å²) in [5.74, 6) is 1.55. The van der Waals surface area contributed by atoms with Crippen molar-refractivity contribution in [2.75, 3.05) is 5.73 Å². The number of nitrogen functional groups attached to an aromatic ring is 1. The van der Waals surface area contributed by atoms with Crippen molar-refractivity contribution in [3.8, 4) is 0 Å². The molecule has 8 heteroatoms. The molecular formula is C10H16N6OS.